The number of hydrogen-bond donors (Lipinski definition) is 0. The maximum atomic E-state index is 12.4. The van der Waals surface area contributed by atoms with Crippen LogP contribution in [0.5, 0.6) is 11.5 Å². The molecular formula is C15H19NO3. The van der Waals surface area contributed by atoms with Crippen LogP contribution in [0.15, 0.2) is 24.3 Å². The molecule has 2 heterocycles. The van der Waals surface area contributed by atoms with Crippen molar-refractivity contribution < 1.29 is 14.3 Å². The molecule has 4 heteroatoms. The molecule has 2 atom stereocenters. The molecular weight excluding hydrogens is 242 g/mol. The Bertz CT molecular complexity index is 474. The van der Waals surface area contributed by atoms with Crippen LogP contribution in [0.3, 0.4) is 0 Å². The molecule has 3 rings (SSSR count). The lowest BCUT2D eigenvalue weighted by molar-refractivity contribution is -0.142. The zero-order chi connectivity index (χ0) is 13.2. The normalized spacial score (nSPS) is 26.1. The zero-order valence-corrected chi connectivity index (χ0v) is 11.2. The van der Waals surface area contributed by atoms with Gasteiger partial charge in [-0.3, -0.25) is 4.79 Å². The largest absolute Gasteiger partial charge is 0.485 e. The van der Waals surface area contributed by atoms with Crippen LogP contribution in [0, 0.1) is 5.92 Å². The van der Waals surface area contributed by atoms with Crippen molar-refractivity contribution in [1.29, 1.82) is 0 Å². The van der Waals surface area contributed by atoms with E-state index in [1.807, 2.05) is 29.2 Å². The third-order valence-electron chi connectivity index (χ3n) is 3.75. The number of likely N-dealkylation sites (tertiary alicyclic amines) is 1. The van der Waals surface area contributed by atoms with Crippen LogP contribution in [0.25, 0.3) is 0 Å². The molecule has 0 bridgehead atoms. The molecule has 4 nitrogen and oxygen atoms in total. The van der Waals surface area contributed by atoms with Gasteiger partial charge in [0.25, 0.3) is 5.91 Å². The first kappa shape index (κ1) is 12.3. The number of carbonyl (C=O) groups is 1. The Morgan fingerprint density at radius 1 is 1.32 bits per heavy atom. The first-order valence-corrected chi connectivity index (χ1v) is 6.91. The van der Waals surface area contributed by atoms with Gasteiger partial charge >= 0.3 is 0 Å². The average Bonchev–Trinajstić information content (AvgIpc) is 2.46. The number of benzene rings is 1. The molecule has 102 valence electrons. The number of para-hydroxylation sites is 2. The van der Waals surface area contributed by atoms with E-state index in [0.29, 0.717) is 18.3 Å². The highest BCUT2D eigenvalue weighted by molar-refractivity contribution is 5.82. The van der Waals surface area contributed by atoms with Crippen LogP contribution in [0.4, 0.5) is 0 Å². The molecule has 0 radical (unpaired) electrons. The molecule has 2 aliphatic rings. The number of fused-ring (bicyclic) bond motifs is 1. The number of amides is 1. The van der Waals surface area contributed by atoms with Crippen molar-refractivity contribution >= 4 is 5.91 Å². The molecule has 2 aliphatic heterocycles. The summed E-state index contributed by atoms with van der Waals surface area (Å²) in [5.41, 5.74) is 0. The number of ether oxygens (including phenoxy) is 2. The van der Waals surface area contributed by atoms with E-state index >= 15 is 0 Å². The Morgan fingerprint density at radius 3 is 2.89 bits per heavy atom. The molecule has 0 spiro atoms. The van der Waals surface area contributed by atoms with Gasteiger partial charge in [0.05, 0.1) is 0 Å². The Labute approximate surface area is 113 Å². The molecule has 2 unspecified atom stereocenters. The Kier molecular flexibility index (Phi) is 3.32. The molecule has 1 aromatic carbocycles. The number of nitrogens with zero attached hydrogens (tertiary/aromatic N) is 1. The van der Waals surface area contributed by atoms with E-state index in [1.165, 1.54) is 6.42 Å². The summed E-state index contributed by atoms with van der Waals surface area (Å²) in [5.74, 6) is 2.02. The van der Waals surface area contributed by atoms with Crippen molar-refractivity contribution in [2.45, 2.75) is 25.9 Å². The summed E-state index contributed by atoms with van der Waals surface area (Å²) < 4.78 is 11.4. The third-order valence-corrected chi connectivity index (χ3v) is 3.75. The monoisotopic (exact) mass is 261 g/mol. The fraction of sp³-hybridized carbons (Fsp3) is 0.533. The topological polar surface area (TPSA) is 38.8 Å². The van der Waals surface area contributed by atoms with Gasteiger partial charge in [-0.05, 0) is 30.9 Å². The van der Waals surface area contributed by atoms with Crippen molar-refractivity contribution in [2.75, 3.05) is 19.7 Å². The van der Waals surface area contributed by atoms with Gasteiger partial charge in [-0.15, -0.1) is 0 Å². The second-order valence-electron chi connectivity index (χ2n) is 5.40. The van der Waals surface area contributed by atoms with Gasteiger partial charge in [-0.2, -0.15) is 0 Å². The van der Waals surface area contributed by atoms with Crippen LogP contribution in [-0.2, 0) is 4.79 Å². The van der Waals surface area contributed by atoms with E-state index in [4.69, 9.17) is 9.47 Å². The summed E-state index contributed by atoms with van der Waals surface area (Å²) in [5, 5.41) is 0. The van der Waals surface area contributed by atoms with Gasteiger partial charge in [0.1, 0.15) is 6.61 Å². The van der Waals surface area contributed by atoms with E-state index in [-0.39, 0.29) is 5.91 Å². The molecule has 19 heavy (non-hydrogen) atoms. The molecule has 1 aromatic rings. The maximum absolute atomic E-state index is 12.4. The highest BCUT2D eigenvalue weighted by atomic mass is 16.6. The van der Waals surface area contributed by atoms with Crippen LogP contribution < -0.4 is 9.47 Å². The minimum Gasteiger partial charge on any atom is -0.485 e. The van der Waals surface area contributed by atoms with E-state index in [1.54, 1.807) is 0 Å². The lowest BCUT2D eigenvalue weighted by atomic mass is 10.00. The van der Waals surface area contributed by atoms with Crippen molar-refractivity contribution in [3.8, 4) is 11.5 Å². The molecule has 0 saturated carbocycles. The molecule has 0 aromatic heterocycles. The van der Waals surface area contributed by atoms with Gasteiger partial charge in [-0.25, -0.2) is 0 Å². The minimum atomic E-state index is -0.500. The number of piperidine rings is 1. The van der Waals surface area contributed by atoms with E-state index in [9.17, 15) is 4.79 Å². The summed E-state index contributed by atoms with van der Waals surface area (Å²) in [7, 11) is 0. The SMILES string of the molecule is CC1CCCN(C(=O)C2COc3ccccc3O2)C1. The second kappa shape index (κ2) is 5.11. The first-order chi connectivity index (χ1) is 9.24. The molecule has 0 aliphatic carbocycles. The predicted octanol–water partition coefficient (Wildman–Crippen LogP) is 2.08. The first-order valence-electron chi connectivity index (χ1n) is 6.91. The van der Waals surface area contributed by atoms with Gasteiger partial charge in [0, 0.05) is 13.1 Å². The maximum Gasteiger partial charge on any atom is 0.267 e. The third kappa shape index (κ3) is 2.53. The second-order valence-corrected chi connectivity index (χ2v) is 5.40. The fourth-order valence-electron chi connectivity index (χ4n) is 2.73. The molecule has 1 amide bonds. The number of hydrogen-bond acceptors (Lipinski definition) is 3. The lowest BCUT2D eigenvalue weighted by Gasteiger charge is -2.35. The van der Waals surface area contributed by atoms with Crippen LogP contribution >= 0.6 is 0 Å². The predicted molar refractivity (Wildman–Crippen MR) is 71.3 cm³/mol. The summed E-state index contributed by atoms with van der Waals surface area (Å²) >= 11 is 0. The summed E-state index contributed by atoms with van der Waals surface area (Å²) in [4.78, 5) is 14.3. The van der Waals surface area contributed by atoms with Crippen molar-refractivity contribution in [2.24, 2.45) is 5.92 Å². The van der Waals surface area contributed by atoms with Gasteiger partial charge in [0.15, 0.2) is 11.5 Å². The summed E-state index contributed by atoms with van der Waals surface area (Å²) in [6, 6.07) is 7.49. The van der Waals surface area contributed by atoms with Crippen molar-refractivity contribution in [3.05, 3.63) is 24.3 Å². The quantitative estimate of drug-likeness (QED) is 0.777. The van der Waals surface area contributed by atoms with Crippen LogP contribution in [0.1, 0.15) is 19.8 Å². The van der Waals surface area contributed by atoms with Crippen molar-refractivity contribution in [3.63, 3.8) is 0 Å². The minimum absolute atomic E-state index is 0.0565. The highest BCUT2D eigenvalue weighted by Crippen LogP contribution is 2.31. The Balaban J connectivity index is 1.69. The molecule has 0 N–H and O–H groups in total. The average molecular weight is 261 g/mol. The zero-order valence-electron chi connectivity index (χ0n) is 11.2. The van der Waals surface area contributed by atoms with E-state index in [0.717, 1.165) is 25.3 Å². The van der Waals surface area contributed by atoms with Gasteiger partial charge in [0.2, 0.25) is 6.10 Å². The fourth-order valence-corrected chi connectivity index (χ4v) is 2.73. The van der Waals surface area contributed by atoms with Crippen molar-refractivity contribution in [1.82, 2.24) is 4.90 Å². The Morgan fingerprint density at radius 2 is 2.11 bits per heavy atom. The van der Waals surface area contributed by atoms with E-state index < -0.39 is 6.10 Å². The Hall–Kier alpha value is -1.71. The summed E-state index contributed by atoms with van der Waals surface area (Å²) in [6.45, 7) is 4.17. The van der Waals surface area contributed by atoms with Crippen LogP contribution in [0.2, 0.25) is 0 Å². The van der Waals surface area contributed by atoms with Gasteiger partial charge in [-0.1, -0.05) is 19.1 Å². The lowest BCUT2D eigenvalue weighted by Crippen LogP contribution is -2.49. The standard InChI is InChI=1S/C15H19NO3/c1-11-5-4-8-16(9-11)15(17)14-10-18-12-6-2-3-7-13(12)19-14/h2-3,6-7,11,14H,4-5,8-10H2,1H3. The molecule has 1 saturated heterocycles. The summed E-state index contributed by atoms with van der Waals surface area (Å²) in [6.07, 6.45) is 1.78. The molecule has 1 fully saturated rings. The highest BCUT2D eigenvalue weighted by Gasteiger charge is 2.32. The van der Waals surface area contributed by atoms with Crippen LogP contribution in [-0.4, -0.2) is 36.6 Å². The number of rotatable bonds is 1. The van der Waals surface area contributed by atoms with E-state index in [2.05, 4.69) is 6.92 Å². The van der Waals surface area contributed by atoms with Gasteiger partial charge < -0.3 is 14.4 Å². The smallest absolute Gasteiger partial charge is 0.267 e. The number of carbonyl (C=O) groups excluding carboxylic acids is 1.